The van der Waals surface area contributed by atoms with Crippen LogP contribution in [0.2, 0.25) is 0 Å². The van der Waals surface area contributed by atoms with E-state index in [2.05, 4.69) is 31.2 Å². The average Bonchev–Trinajstić information content (AvgIpc) is 3.06. The summed E-state index contributed by atoms with van der Waals surface area (Å²) < 4.78 is 0.944. The van der Waals surface area contributed by atoms with Gasteiger partial charge in [0.2, 0.25) is 5.91 Å². The third kappa shape index (κ3) is 4.35. The Morgan fingerprint density at radius 2 is 1.87 bits per heavy atom. The normalized spacial score (nSPS) is 12.1. The number of anilines is 1. The van der Waals surface area contributed by atoms with Gasteiger partial charge in [-0.15, -0.1) is 11.3 Å². The molecule has 8 heteroatoms. The lowest BCUT2D eigenvalue weighted by molar-refractivity contribution is -0.115. The van der Waals surface area contributed by atoms with Gasteiger partial charge in [-0.2, -0.15) is 0 Å². The van der Waals surface area contributed by atoms with Crippen molar-refractivity contribution >= 4 is 60.8 Å². The smallest absolute Gasteiger partial charge is 0.260 e. The Morgan fingerprint density at radius 1 is 1.17 bits per heavy atom. The second kappa shape index (κ2) is 8.75. The zero-order valence-electron chi connectivity index (χ0n) is 16.2. The van der Waals surface area contributed by atoms with Crippen molar-refractivity contribution in [3.63, 3.8) is 0 Å². The Balaban J connectivity index is 1.59. The molecule has 30 heavy (non-hydrogen) atoms. The van der Waals surface area contributed by atoms with Crippen LogP contribution < -0.4 is 10.9 Å². The molecule has 0 saturated heterocycles. The van der Waals surface area contributed by atoms with E-state index in [9.17, 15) is 9.59 Å². The van der Waals surface area contributed by atoms with Gasteiger partial charge in [-0.25, -0.2) is 4.98 Å². The van der Waals surface area contributed by atoms with Gasteiger partial charge in [0.25, 0.3) is 5.56 Å². The van der Waals surface area contributed by atoms with E-state index in [1.54, 1.807) is 6.92 Å². The molecule has 152 valence electrons. The van der Waals surface area contributed by atoms with E-state index in [-0.39, 0.29) is 11.5 Å². The lowest BCUT2D eigenvalue weighted by atomic mass is 10.0. The number of carbonyl (C=O) groups excluding carboxylic acids is 1. The molecule has 0 saturated carbocycles. The van der Waals surface area contributed by atoms with Crippen molar-refractivity contribution in [2.75, 3.05) is 5.32 Å². The Bertz CT molecular complexity index is 1270. The SMILES string of the molecule is Cc1sc2nc(S[C@@H](C)C(=O)Nc3ccc(Br)cc3)[nH]c(=O)c2c1-c1ccccc1. The van der Waals surface area contributed by atoms with Gasteiger partial charge >= 0.3 is 0 Å². The minimum Gasteiger partial charge on any atom is -0.325 e. The van der Waals surface area contributed by atoms with Crippen LogP contribution in [0, 0.1) is 6.92 Å². The van der Waals surface area contributed by atoms with Crippen molar-refractivity contribution in [3.05, 3.63) is 74.3 Å². The van der Waals surface area contributed by atoms with Crippen molar-refractivity contribution in [1.29, 1.82) is 0 Å². The lowest BCUT2D eigenvalue weighted by Crippen LogP contribution is -2.23. The summed E-state index contributed by atoms with van der Waals surface area (Å²) in [6, 6.07) is 17.2. The van der Waals surface area contributed by atoms with E-state index >= 15 is 0 Å². The third-order valence-electron chi connectivity index (χ3n) is 4.55. The monoisotopic (exact) mass is 499 g/mol. The summed E-state index contributed by atoms with van der Waals surface area (Å²) in [5.74, 6) is -0.155. The summed E-state index contributed by atoms with van der Waals surface area (Å²) >= 11 is 6.10. The molecule has 2 aromatic carbocycles. The number of hydrogen-bond acceptors (Lipinski definition) is 5. The molecular weight excluding hydrogens is 482 g/mol. The largest absolute Gasteiger partial charge is 0.325 e. The number of nitrogens with one attached hydrogen (secondary N) is 2. The van der Waals surface area contributed by atoms with Crippen LogP contribution in [0.25, 0.3) is 21.3 Å². The topological polar surface area (TPSA) is 74.8 Å². The van der Waals surface area contributed by atoms with Crippen molar-refractivity contribution in [2.24, 2.45) is 0 Å². The molecule has 0 aliphatic carbocycles. The van der Waals surface area contributed by atoms with Gasteiger partial charge in [0.1, 0.15) is 4.83 Å². The van der Waals surface area contributed by atoms with E-state index < -0.39 is 5.25 Å². The lowest BCUT2D eigenvalue weighted by Gasteiger charge is -2.11. The fourth-order valence-corrected chi connectivity index (χ4v) is 5.27. The number of fused-ring (bicyclic) bond motifs is 1. The maximum absolute atomic E-state index is 12.9. The molecule has 1 amide bonds. The highest BCUT2D eigenvalue weighted by molar-refractivity contribution is 9.10. The molecule has 0 aliphatic heterocycles. The van der Waals surface area contributed by atoms with Crippen molar-refractivity contribution < 1.29 is 4.79 Å². The first-order chi connectivity index (χ1) is 14.4. The molecule has 0 aliphatic rings. The van der Waals surface area contributed by atoms with Crippen LogP contribution in [0.3, 0.4) is 0 Å². The van der Waals surface area contributed by atoms with Crippen LogP contribution in [-0.4, -0.2) is 21.1 Å². The molecule has 0 bridgehead atoms. The number of halogens is 1. The highest BCUT2D eigenvalue weighted by Gasteiger charge is 2.20. The molecule has 0 radical (unpaired) electrons. The summed E-state index contributed by atoms with van der Waals surface area (Å²) in [5.41, 5.74) is 2.44. The van der Waals surface area contributed by atoms with Crippen LogP contribution in [0.1, 0.15) is 11.8 Å². The molecule has 5 nitrogen and oxygen atoms in total. The average molecular weight is 500 g/mol. The number of benzene rings is 2. The summed E-state index contributed by atoms with van der Waals surface area (Å²) in [4.78, 5) is 34.6. The number of nitrogens with zero attached hydrogens (tertiary/aromatic N) is 1. The summed E-state index contributed by atoms with van der Waals surface area (Å²) in [5, 5.41) is 3.49. The predicted octanol–water partition coefficient (Wildman–Crippen LogP) is 5.84. The van der Waals surface area contributed by atoms with Crippen LogP contribution in [0.5, 0.6) is 0 Å². The first-order valence-corrected chi connectivity index (χ1v) is 11.7. The van der Waals surface area contributed by atoms with Crippen LogP contribution in [0.15, 0.2) is 69.0 Å². The molecule has 0 spiro atoms. The van der Waals surface area contributed by atoms with Gasteiger partial charge in [-0.05, 0) is 43.7 Å². The van der Waals surface area contributed by atoms with Crippen LogP contribution in [-0.2, 0) is 4.79 Å². The van der Waals surface area contributed by atoms with Gasteiger partial charge in [0.15, 0.2) is 5.16 Å². The third-order valence-corrected chi connectivity index (χ3v) is 7.06. The second-order valence-electron chi connectivity index (χ2n) is 6.71. The molecular formula is C22H18BrN3O2S2. The number of aromatic nitrogens is 2. The Morgan fingerprint density at radius 3 is 2.57 bits per heavy atom. The number of aromatic amines is 1. The fourth-order valence-electron chi connectivity index (χ4n) is 3.11. The number of thiophene rings is 1. The van der Waals surface area contributed by atoms with Gasteiger partial charge < -0.3 is 10.3 Å². The van der Waals surface area contributed by atoms with Gasteiger partial charge in [0, 0.05) is 20.6 Å². The van der Waals surface area contributed by atoms with E-state index in [1.165, 1.54) is 23.1 Å². The first-order valence-electron chi connectivity index (χ1n) is 9.24. The number of carbonyl (C=O) groups is 1. The zero-order valence-corrected chi connectivity index (χ0v) is 19.5. The maximum atomic E-state index is 12.9. The summed E-state index contributed by atoms with van der Waals surface area (Å²) in [6.07, 6.45) is 0. The standard InChI is InChI=1S/C22H18BrN3O2S2/c1-12-17(14-6-4-3-5-7-14)18-20(28)25-22(26-21(18)29-12)30-13(2)19(27)24-16-10-8-15(23)9-11-16/h3-11,13H,1-2H3,(H,24,27)(H,25,26,28)/t13-/m0/s1. The quantitative estimate of drug-likeness (QED) is 0.267. The summed E-state index contributed by atoms with van der Waals surface area (Å²) in [6.45, 7) is 3.79. The van der Waals surface area contributed by atoms with Crippen LogP contribution in [0.4, 0.5) is 5.69 Å². The Kier molecular flexibility index (Phi) is 6.08. The molecule has 2 aromatic heterocycles. The van der Waals surface area contributed by atoms with Crippen molar-refractivity contribution in [1.82, 2.24) is 9.97 Å². The zero-order chi connectivity index (χ0) is 21.3. The number of rotatable bonds is 5. The van der Waals surface area contributed by atoms with Gasteiger partial charge in [0.05, 0.1) is 10.6 Å². The molecule has 4 rings (SSSR count). The summed E-state index contributed by atoms with van der Waals surface area (Å²) in [7, 11) is 0. The van der Waals surface area contributed by atoms with Gasteiger partial charge in [-0.1, -0.05) is 58.0 Å². The minimum atomic E-state index is -0.427. The molecule has 1 atom stereocenters. The number of amides is 1. The highest BCUT2D eigenvalue weighted by atomic mass is 79.9. The minimum absolute atomic E-state index is 0.155. The van der Waals surface area contributed by atoms with Crippen molar-refractivity contribution in [3.8, 4) is 11.1 Å². The molecule has 2 N–H and O–H groups in total. The Labute approximate surface area is 190 Å². The molecule has 2 heterocycles. The highest BCUT2D eigenvalue weighted by Crippen LogP contribution is 2.36. The fraction of sp³-hybridized carbons (Fsp3) is 0.136. The predicted molar refractivity (Wildman–Crippen MR) is 129 cm³/mol. The number of H-pyrrole nitrogens is 1. The van der Waals surface area contributed by atoms with E-state index in [4.69, 9.17) is 0 Å². The number of thioether (sulfide) groups is 1. The first kappa shape index (κ1) is 20.8. The molecule has 4 aromatic rings. The maximum Gasteiger partial charge on any atom is 0.260 e. The Hall–Kier alpha value is -2.42. The van der Waals surface area contributed by atoms with E-state index in [0.29, 0.717) is 21.1 Å². The van der Waals surface area contributed by atoms with Crippen molar-refractivity contribution in [2.45, 2.75) is 24.3 Å². The van der Waals surface area contributed by atoms with Gasteiger partial charge in [-0.3, -0.25) is 9.59 Å². The number of aryl methyl sites for hydroxylation is 1. The number of hydrogen-bond donors (Lipinski definition) is 2. The van der Waals surface area contributed by atoms with E-state index in [0.717, 1.165) is 20.5 Å². The van der Waals surface area contributed by atoms with E-state index in [1.807, 2.05) is 61.5 Å². The molecule has 0 fully saturated rings. The second-order valence-corrected chi connectivity index (χ2v) is 10.2. The molecule has 0 unspecified atom stereocenters. The van der Waals surface area contributed by atoms with Crippen LogP contribution >= 0.6 is 39.0 Å².